The van der Waals surface area contributed by atoms with E-state index in [0.717, 1.165) is 0 Å². The number of aromatic nitrogens is 3. The maximum Gasteiger partial charge on any atom is 0.466 e. The lowest BCUT2D eigenvalue weighted by molar-refractivity contribution is 0.275. The zero-order chi connectivity index (χ0) is 17.3. The average Bonchev–Trinajstić information content (AvgIpc) is 2.29. The van der Waals surface area contributed by atoms with Gasteiger partial charge in [-0.1, -0.05) is 12.1 Å². The summed E-state index contributed by atoms with van der Waals surface area (Å²) < 4.78 is 8.88. The summed E-state index contributed by atoms with van der Waals surface area (Å²) in [5.41, 5.74) is 27.5. The van der Waals surface area contributed by atoms with Gasteiger partial charge in [0.15, 0.2) is 0 Å². The topological polar surface area (TPSA) is 247 Å². The van der Waals surface area contributed by atoms with Crippen LogP contribution in [0.15, 0.2) is 24.3 Å². The maximum absolute atomic E-state index is 8.88. The van der Waals surface area contributed by atoms with Crippen LogP contribution in [0, 0.1) is 0 Å². The second kappa shape index (κ2) is 8.59. The molecule has 0 aliphatic rings. The number of para-hydroxylation sites is 2. The van der Waals surface area contributed by atoms with E-state index in [1.165, 1.54) is 0 Å². The van der Waals surface area contributed by atoms with Crippen molar-refractivity contribution in [2.45, 2.75) is 0 Å². The highest BCUT2D eigenvalue weighted by Crippen LogP contribution is 2.25. The van der Waals surface area contributed by atoms with Crippen molar-refractivity contribution in [1.29, 1.82) is 0 Å². The summed E-state index contributed by atoms with van der Waals surface area (Å²) in [5.74, 6) is 0.125. The first-order chi connectivity index (χ1) is 9.99. The summed E-state index contributed by atoms with van der Waals surface area (Å²) in [6.07, 6.45) is 0. The number of rotatable bonds is 0. The van der Waals surface area contributed by atoms with Crippen LogP contribution in [0.1, 0.15) is 0 Å². The minimum atomic E-state index is -4.64. The number of nitrogen functional groups attached to an aromatic ring is 5. The predicted octanol–water partition coefficient (Wildman–Crippen LogP) is -1.46. The molecular weight excluding hydrogens is 315 g/mol. The fourth-order valence-electron chi connectivity index (χ4n) is 0.938. The number of hydrogen-bond donors (Lipinski definition) is 8. The number of phosphoric acid groups is 1. The third kappa shape index (κ3) is 11.2. The molecule has 22 heavy (non-hydrogen) atoms. The summed E-state index contributed by atoms with van der Waals surface area (Å²) in [7, 11) is -4.64. The predicted molar refractivity (Wildman–Crippen MR) is 82.6 cm³/mol. The molecule has 13 heteroatoms. The van der Waals surface area contributed by atoms with Crippen LogP contribution in [0.4, 0.5) is 29.2 Å². The third-order valence-corrected chi connectivity index (χ3v) is 1.68. The SMILES string of the molecule is Nc1ccccc1N.Nc1nc(N)nc(N)n1.O=P(O)(O)O. The molecular formula is C9H17N8O4P. The highest BCUT2D eigenvalue weighted by molar-refractivity contribution is 7.45. The summed E-state index contributed by atoms with van der Waals surface area (Å²) >= 11 is 0. The molecule has 0 spiro atoms. The van der Waals surface area contributed by atoms with E-state index in [4.69, 9.17) is 47.9 Å². The molecule has 0 atom stereocenters. The Labute approximate surface area is 125 Å². The van der Waals surface area contributed by atoms with E-state index >= 15 is 0 Å². The van der Waals surface area contributed by atoms with Gasteiger partial charge in [0.2, 0.25) is 17.8 Å². The van der Waals surface area contributed by atoms with Gasteiger partial charge < -0.3 is 43.3 Å². The number of anilines is 5. The molecule has 0 fully saturated rings. The Bertz CT molecular complexity index is 570. The van der Waals surface area contributed by atoms with Crippen LogP contribution in [-0.4, -0.2) is 29.6 Å². The molecule has 0 aliphatic carbocycles. The van der Waals surface area contributed by atoms with Gasteiger partial charge in [0.25, 0.3) is 0 Å². The molecule has 1 aromatic heterocycles. The third-order valence-electron chi connectivity index (χ3n) is 1.68. The molecule has 0 saturated carbocycles. The normalized spacial score (nSPS) is 9.77. The van der Waals surface area contributed by atoms with Crippen molar-refractivity contribution < 1.29 is 19.2 Å². The van der Waals surface area contributed by atoms with Crippen LogP contribution in [0.25, 0.3) is 0 Å². The van der Waals surface area contributed by atoms with Gasteiger partial charge in [-0.05, 0) is 12.1 Å². The van der Waals surface area contributed by atoms with Gasteiger partial charge in [0.05, 0.1) is 11.4 Å². The van der Waals surface area contributed by atoms with Crippen LogP contribution < -0.4 is 28.7 Å². The van der Waals surface area contributed by atoms with Gasteiger partial charge in [-0.2, -0.15) is 15.0 Å². The summed E-state index contributed by atoms with van der Waals surface area (Å²) in [5, 5.41) is 0. The van der Waals surface area contributed by atoms with Gasteiger partial charge in [0, 0.05) is 0 Å². The van der Waals surface area contributed by atoms with Crippen molar-refractivity contribution in [3.05, 3.63) is 24.3 Å². The zero-order valence-electron chi connectivity index (χ0n) is 11.2. The first-order valence-electron chi connectivity index (χ1n) is 5.39. The Morgan fingerprint density at radius 2 is 0.955 bits per heavy atom. The summed E-state index contributed by atoms with van der Waals surface area (Å²) in [4.78, 5) is 32.0. The van der Waals surface area contributed by atoms with Crippen molar-refractivity contribution in [2.75, 3.05) is 28.7 Å². The van der Waals surface area contributed by atoms with Crippen LogP contribution in [0.5, 0.6) is 0 Å². The molecule has 13 N–H and O–H groups in total. The minimum absolute atomic E-state index is 0.0417. The first-order valence-corrected chi connectivity index (χ1v) is 6.96. The van der Waals surface area contributed by atoms with Gasteiger partial charge >= 0.3 is 7.82 Å². The lowest BCUT2D eigenvalue weighted by Gasteiger charge is -1.94. The molecule has 0 saturated heterocycles. The summed E-state index contributed by atoms with van der Waals surface area (Å²) in [6.45, 7) is 0. The monoisotopic (exact) mass is 332 g/mol. The standard InChI is InChI=1S/C6H8N2.C3H6N6.H3O4P/c7-5-3-1-2-4-6(5)8;4-1-7-2(5)9-3(6)8-1;1-5(2,3)4/h1-4H,7-8H2;(H6,4,5,6,7,8,9);(H3,1,2,3,4). The van der Waals surface area contributed by atoms with E-state index in [1.54, 1.807) is 12.1 Å². The second-order valence-electron chi connectivity index (χ2n) is 3.55. The lowest BCUT2D eigenvalue weighted by atomic mass is 10.3. The van der Waals surface area contributed by atoms with Gasteiger partial charge in [-0.25, -0.2) is 4.57 Å². The Morgan fingerprint density at radius 3 is 1.14 bits per heavy atom. The number of nitrogens with two attached hydrogens (primary N) is 5. The number of nitrogens with zero attached hydrogens (tertiary/aromatic N) is 3. The van der Waals surface area contributed by atoms with E-state index in [2.05, 4.69) is 15.0 Å². The Hall–Kier alpha value is -2.66. The van der Waals surface area contributed by atoms with E-state index < -0.39 is 7.82 Å². The van der Waals surface area contributed by atoms with E-state index in [1.807, 2.05) is 12.1 Å². The minimum Gasteiger partial charge on any atom is -0.397 e. The molecule has 0 amide bonds. The van der Waals surface area contributed by atoms with Crippen molar-refractivity contribution >= 4 is 37.0 Å². The fourth-order valence-corrected chi connectivity index (χ4v) is 0.938. The first kappa shape index (κ1) is 19.3. The molecule has 122 valence electrons. The number of benzene rings is 1. The molecule has 0 radical (unpaired) electrons. The molecule has 1 aromatic carbocycles. The van der Waals surface area contributed by atoms with Crippen LogP contribution in [0.3, 0.4) is 0 Å². The molecule has 1 heterocycles. The van der Waals surface area contributed by atoms with E-state index in [9.17, 15) is 0 Å². The largest absolute Gasteiger partial charge is 0.466 e. The molecule has 0 bridgehead atoms. The average molecular weight is 332 g/mol. The Balaban J connectivity index is 0.000000315. The van der Waals surface area contributed by atoms with E-state index in [-0.39, 0.29) is 17.8 Å². The van der Waals surface area contributed by atoms with Crippen LogP contribution in [0.2, 0.25) is 0 Å². The van der Waals surface area contributed by atoms with Crippen LogP contribution in [-0.2, 0) is 4.57 Å². The highest BCUT2D eigenvalue weighted by atomic mass is 31.2. The van der Waals surface area contributed by atoms with Gasteiger partial charge in [0.1, 0.15) is 0 Å². The zero-order valence-corrected chi connectivity index (χ0v) is 12.1. The van der Waals surface area contributed by atoms with Crippen molar-refractivity contribution in [3.8, 4) is 0 Å². The Kier molecular flexibility index (Phi) is 7.55. The quantitative estimate of drug-likeness (QED) is 0.203. The lowest BCUT2D eigenvalue weighted by Crippen LogP contribution is -2.05. The molecule has 12 nitrogen and oxygen atoms in total. The molecule has 2 rings (SSSR count). The molecule has 0 aliphatic heterocycles. The fraction of sp³-hybridized carbons (Fsp3) is 0. The van der Waals surface area contributed by atoms with Crippen molar-refractivity contribution in [3.63, 3.8) is 0 Å². The van der Waals surface area contributed by atoms with Gasteiger partial charge in [-0.15, -0.1) is 0 Å². The molecule has 0 unspecified atom stereocenters. The maximum atomic E-state index is 8.88. The second-order valence-corrected chi connectivity index (χ2v) is 4.58. The van der Waals surface area contributed by atoms with Gasteiger partial charge in [-0.3, -0.25) is 0 Å². The molecule has 2 aromatic rings. The number of hydrogen-bond acceptors (Lipinski definition) is 9. The van der Waals surface area contributed by atoms with Crippen molar-refractivity contribution in [2.24, 2.45) is 0 Å². The highest BCUT2D eigenvalue weighted by Gasteiger charge is 2.00. The van der Waals surface area contributed by atoms with Crippen LogP contribution >= 0.6 is 7.82 Å². The van der Waals surface area contributed by atoms with E-state index in [0.29, 0.717) is 11.4 Å². The Morgan fingerprint density at radius 1 is 0.727 bits per heavy atom. The van der Waals surface area contributed by atoms with Crippen molar-refractivity contribution in [1.82, 2.24) is 15.0 Å². The smallest absolute Gasteiger partial charge is 0.397 e. The summed E-state index contributed by atoms with van der Waals surface area (Å²) in [6, 6.07) is 7.25.